The molecule has 2 amide bonds. The summed E-state index contributed by atoms with van der Waals surface area (Å²) in [7, 11) is 0. The highest BCUT2D eigenvalue weighted by Crippen LogP contribution is 2.20. The van der Waals surface area contributed by atoms with Crippen molar-refractivity contribution in [1.29, 1.82) is 0 Å². The van der Waals surface area contributed by atoms with Gasteiger partial charge < -0.3 is 0 Å². The van der Waals surface area contributed by atoms with Gasteiger partial charge in [-0.05, 0) is 22.0 Å². The van der Waals surface area contributed by atoms with Crippen LogP contribution in [0.2, 0.25) is 5.15 Å². The molecule has 1 aromatic rings. The number of nitrogens with one attached hydrogen (secondary N) is 1. The highest BCUT2D eigenvalue weighted by molar-refractivity contribution is 9.10. The normalized spacial score (nSPS) is 9.64. The lowest BCUT2D eigenvalue weighted by molar-refractivity contribution is -0.118. The standard InChI is InChI=1S/C8H6BrClN2O2/c1-4(13)12-8(14)5-2-6(9)7(10)11-3-5/h2-3H,1H3,(H,12,13,14). The number of hydrogen-bond donors (Lipinski definition) is 1. The second-order valence-electron chi connectivity index (χ2n) is 2.51. The second kappa shape index (κ2) is 4.52. The molecule has 0 radical (unpaired) electrons. The Kier molecular flexibility index (Phi) is 3.60. The fourth-order valence-corrected chi connectivity index (χ4v) is 1.23. The molecule has 74 valence electrons. The number of carbonyl (C=O) groups excluding carboxylic acids is 2. The molecule has 0 atom stereocenters. The fraction of sp³-hybridized carbons (Fsp3) is 0.125. The molecule has 0 bridgehead atoms. The molecule has 0 aliphatic heterocycles. The van der Waals surface area contributed by atoms with Crippen molar-refractivity contribution in [2.75, 3.05) is 0 Å². The first kappa shape index (κ1) is 11.1. The van der Waals surface area contributed by atoms with Crippen LogP contribution in [0.25, 0.3) is 0 Å². The highest BCUT2D eigenvalue weighted by atomic mass is 79.9. The van der Waals surface area contributed by atoms with E-state index in [0.717, 1.165) is 0 Å². The van der Waals surface area contributed by atoms with E-state index in [1.807, 2.05) is 0 Å². The van der Waals surface area contributed by atoms with Gasteiger partial charge in [0, 0.05) is 13.1 Å². The van der Waals surface area contributed by atoms with Crippen LogP contribution in [0.15, 0.2) is 16.7 Å². The molecule has 1 heterocycles. The SMILES string of the molecule is CC(=O)NC(=O)c1cnc(Cl)c(Br)c1. The van der Waals surface area contributed by atoms with Gasteiger partial charge in [0.25, 0.3) is 5.91 Å². The molecule has 0 aromatic carbocycles. The summed E-state index contributed by atoms with van der Waals surface area (Å²) >= 11 is 8.76. The molecule has 0 aliphatic rings. The average Bonchev–Trinajstić information content (AvgIpc) is 2.08. The van der Waals surface area contributed by atoms with E-state index in [1.54, 1.807) is 0 Å². The predicted octanol–water partition coefficient (Wildman–Crippen LogP) is 1.77. The Balaban J connectivity index is 2.91. The van der Waals surface area contributed by atoms with E-state index in [0.29, 0.717) is 4.47 Å². The van der Waals surface area contributed by atoms with Crippen molar-refractivity contribution >= 4 is 39.3 Å². The van der Waals surface area contributed by atoms with Gasteiger partial charge in [-0.2, -0.15) is 0 Å². The zero-order valence-electron chi connectivity index (χ0n) is 7.17. The van der Waals surface area contributed by atoms with Crippen LogP contribution in [-0.2, 0) is 4.79 Å². The van der Waals surface area contributed by atoms with Crippen LogP contribution in [0, 0.1) is 0 Å². The highest BCUT2D eigenvalue weighted by Gasteiger charge is 2.09. The van der Waals surface area contributed by atoms with Gasteiger partial charge in [-0.1, -0.05) is 11.6 Å². The van der Waals surface area contributed by atoms with E-state index >= 15 is 0 Å². The smallest absolute Gasteiger partial charge is 0.259 e. The molecule has 0 saturated carbocycles. The summed E-state index contributed by atoms with van der Waals surface area (Å²) in [5.74, 6) is -0.913. The number of imide groups is 1. The van der Waals surface area contributed by atoms with Crippen LogP contribution in [0.1, 0.15) is 17.3 Å². The Hall–Kier alpha value is -0.940. The van der Waals surface area contributed by atoms with Gasteiger partial charge >= 0.3 is 0 Å². The number of amides is 2. The van der Waals surface area contributed by atoms with Crippen molar-refractivity contribution in [2.24, 2.45) is 0 Å². The second-order valence-corrected chi connectivity index (χ2v) is 3.72. The molecule has 1 aromatic heterocycles. The van der Waals surface area contributed by atoms with E-state index < -0.39 is 11.8 Å². The Bertz CT molecular complexity index is 395. The summed E-state index contributed by atoms with van der Waals surface area (Å²) in [6.07, 6.45) is 1.30. The van der Waals surface area contributed by atoms with Crippen molar-refractivity contribution in [3.63, 3.8) is 0 Å². The summed E-state index contributed by atoms with van der Waals surface area (Å²) in [5.41, 5.74) is 0.275. The number of carbonyl (C=O) groups is 2. The van der Waals surface area contributed by atoms with Gasteiger partial charge in [0.1, 0.15) is 5.15 Å². The number of hydrogen-bond acceptors (Lipinski definition) is 3. The molecule has 0 fully saturated rings. The van der Waals surface area contributed by atoms with Crippen molar-refractivity contribution in [3.8, 4) is 0 Å². The third-order valence-electron chi connectivity index (χ3n) is 1.35. The Morgan fingerprint density at radius 3 is 2.71 bits per heavy atom. The van der Waals surface area contributed by atoms with E-state index in [9.17, 15) is 9.59 Å². The van der Waals surface area contributed by atoms with Crippen LogP contribution in [-0.4, -0.2) is 16.8 Å². The van der Waals surface area contributed by atoms with Crippen molar-refractivity contribution in [1.82, 2.24) is 10.3 Å². The Morgan fingerprint density at radius 2 is 2.21 bits per heavy atom. The number of nitrogens with zero attached hydrogens (tertiary/aromatic N) is 1. The molecule has 6 heteroatoms. The van der Waals surface area contributed by atoms with Gasteiger partial charge in [0.05, 0.1) is 10.0 Å². The monoisotopic (exact) mass is 276 g/mol. The molecule has 0 unspecified atom stereocenters. The molecule has 1 N–H and O–H groups in total. The zero-order valence-corrected chi connectivity index (χ0v) is 9.52. The number of halogens is 2. The van der Waals surface area contributed by atoms with Crippen LogP contribution >= 0.6 is 27.5 Å². The van der Waals surface area contributed by atoms with Crippen molar-refractivity contribution in [3.05, 3.63) is 27.5 Å². The minimum atomic E-state index is -0.498. The summed E-state index contributed by atoms with van der Waals surface area (Å²) in [6, 6.07) is 1.49. The third-order valence-corrected chi connectivity index (χ3v) is 2.48. The minimum Gasteiger partial charge on any atom is -0.293 e. The topological polar surface area (TPSA) is 59.1 Å². The van der Waals surface area contributed by atoms with Gasteiger partial charge in [-0.25, -0.2) is 4.98 Å². The molecular formula is C8H6BrClN2O2. The summed E-state index contributed by atoms with van der Waals surface area (Å²) in [6.45, 7) is 1.26. The molecule has 14 heavy (non-hydrogen) atoms. The Labute approximate surface area is 93.8 Å². The van der Waals surface area contributed by atoms with Crippen molar-refractivity contribution < 1.29 is 9.59 Å². The Morgan fingerprint density at radius 1 is 1.57 bits per heavy atom. The maximum Gasteiger partial charge on any atom is 0.259 e. The fourth-order valence-electron chi connectivity index (χ4n) is 0.777. The first-order valence-corrected chi connectivity index (χ1v) is 4.81. The van der Waals surface area contributed by atoms with E-state index in [2.05, 4.69) is 26.2 Å². The lowest BCUT2D eigenvalue weighted by atomic mass is 10.3. The predicted molar refractivity (Wildman–Crippen MR) is 55.1 cm³/mol. The van der Waals surface area contributed by atoms with Crippen LogP contribution in [0.5, 0.6) is 0 Å². The first-order chi connectivity index (χ1) is 6.50. The lowest BCUT2D eigenvalue weighted by Gasteiger charge is -2.01. The summed E-state index contributed by atoms with van der Waals surface area (Å²) in [4.78, 5) is 25.6. The molecule has 1 rings (SSSR count). The zero-order chi connectivity index (χ0) is 10.7. The lowest BCUT2D eigenvalue weighted by Crippen LogP contribution is -2.27. The van der Waals surface area contributed by atoms with Crippen LogP contribution < -0.4 is 5.32 Å². The maximum atomic E-state index is 11.3. The van der Waals surface area contributed by atoms with E-state index in [4.69, 9.17) is 11.6 Å². The van der Waals surface area contributed by atoms with Crippen molar-refractivity contribution in [2.45, 2.75) is 6.92 Å². The summed E-state index contributed by atoms with van der Waals surface area (Å²) < 4.78 is 0.510. The largest absolute Gasteiger partial charge is 0.293 e. The van der Waals surface area contributed by atoms with Gasteiger partial charge in [0.2, 0.25) is 5.91 Å². The van der Waals surface area contributed by atoms with E-state index in [-0.39, 0.29) is 10.7 Å². The first-order valence-electron chi connectivity index (χ1n) is 3.63. The number of pyridine rings is 1. The van der Waals surface area contributed by atoms with Gasteiger partial charge in [-0.15, -0.1) is 0 Å². The van der Waals surface area contributed by atoms with Crippen LogP contribution in [0.3, 0.4) is 0 Å². The van der Waals surface area contributed by atoms with Gasteiger partial charge in [-0.3, -0.25) is 14.9 Å². The molecular weight excluding hydrogens is 271 g/mol. The van der Waals surface area contributed by atoms with Gasteiger partial charge in [0.15, 0.2) is 0 Å². The average molecular weight is 278 g/mol. The maximum absolute atomic E-state index is 11.3. The quantitative estimate of drug-likeness (QED) is 0.796. The third kappa shape index (κ3) is 2.78. The van der Waals surface area contributed by atoms with Crippen LogP contribution in [0.4, 0.5) is 0 Å². The molecule has 0 aliphatic carbocycles. The van der Waals surface area contributed by atoms with E-state index in [1.165, 1.54) is 19.2 Å². The summed E-state index contributed by atoms with van der Waals surface area (Å²) in [5, 5.41) is 2.39. The number of rotatable bonds is 1. The number of aromatic nitrogens is 1. The minimum absolute atomic E-state index is 0.268. The molecule has 0 spiro atoms. The molecule has 4 nitrogen and oxygen atoms in total. The molecule has 0 saturated heterocycles.